The second-order valence-corrected chi connectivity index (χ2v) is 3.59. The third kappa shape index (κ3) is 1.36. The molecule has 1 aliphatic rings. The Kier molecular flexibility index (Phi) is 1.87. The monoisotopic (exact) mass is 163 g/mol. The molecule has 2 rings (SSSR count). The number of hydrogen-bond donors (Lipinski definition) is 0. The first-order chi connectivity index (χ1) is 5.75. The molecule has 0 aliphatic heterocycles. The van der Waals surface area contributed by atoms with E-state index in [-0.39, 0.29) is 5.82 Å². The van der Waals surface area contributed by atoms with Crippen LogP contribution in [0.1, 0.15) is 24.3 Å². The van der Waals surface area contributed by atoms with E-state index in [1.54, 1.807) is 0 Å². The normalized spacial score (nSPS) is 28.2. The molecule has 0 spiro atoms. The third-order valence-corrected chi connectivity index (χ3v) is 2.58. The van der Waals surface area contributed by atoms with Gasteiger partial charge in [-0.05, 0) is 42.4 Å². The first-order valence-electron chi connectivity index (χ1n) is 4.34. The number of rotatable bonds is 1. The molecule has 1 aliphatic carbocycles. The Morgan fingerprint density at radius 2 is 1.75 bits per heavy atom. The molecule has 0 atom stereocenters. The van der Waals surface area contributed by atoms with Crippen LogP contribution in [0.4, 0.5) is 4.39 Å². The molecule has 1 saturated carbocycles. The largest absolute Gasteiger partial charge is 0.207 e. The molecular weight excluding hydrogens is 151 g/mol. The van der Waals surface area contributed by atoms with Crippen LogP contribution in [0.3, 0.4) is 0 Å². The fourth-order valence-corrected chi connectivity index (χ4v) is 1.74. The fourth-order valence-electron chi connectivity index (χ4n) is 1.74. The van der Waals surface area contributed by atoms with Crippen molar-refractivity contribution in [1.82, 2.24) is 0 Å². The molecule has 0 N–H and O–H groups in total. The zero-order valence-electron chi connectivity index (χ0n) is 6.96. The molecule has 12 heavy (non-hydrogen) atoms. The van der Waals surface area contributed by atoms with E-state index in [9.17, 15) is 4.39 Å². The van der Waals surface area contributed by atoms with Crippen molar-refractivity contribution in [1.29, 1.82) is 0 Å². The van der Waals surface area contributed by atoms with E-state index in [0.717, 1.165) is 12.8 Å². The van der Waals surface area contributed by atoms with E-state index in [4.69, 9.17) is 0 Å². The molecule has 0 amide bonds. The molecule has 1 radical (unpaired) electrons. The number of halogens is 1. The van der Waals surface area contributed by atoms with Gasteiger partial charge >= 0.3 is 0 Å². The molecule has 1 aromatic carbocycles. The van der Waals surface area contributed by atoms with Gasteiger partial charge in [0.1, 0.15) is 5.82 Å². The molecule has 1 fully saturated rings. The second kappa shape index (κ2) is 2.89. The van der Waals surface area contributed by atoms with Crippen LogP contribution >= 0.6 is 0 Å². The van der Waals surface area contributed by atoms with E-state index >= 15 is 0 Å². The Bertz CT molecular complexity index is 257. The lowest BCUT2D eigenvalue weighted by molar-refractivity contribution is 0.320. The maximum atomic E-state index is 12.5. The molecule has 0 heterocycles. The molecular formula is C11H12F. The summed E-state index contributed by atoms with van der Waals surface area (Å²) in [6.45, 7) is 3.96. The van der Waals surface area contributed by atoms with Crippen LogP contribution in [0.15, 0.2) is 24.3 Å². The fraction of sp³-hybridized carbons (Fsp3) is 0.364. The predicted molar refractivity (Wildman–Crippen MR) is 47.2 cm³/mol. The lowest BCUT2D eigenvalue weighted by Gasteiger charge is -2.32. The van der Waals surface area contributed by atoms with Crippen LogP contribution in [0.25, 0.3) is 0 Å². The maximum absolute atomic E-state index is 12.5. The Hall–Kier alpha value is -0.850. The van der Waals surface area contributed by atoms with Gasteiger partial charge < -0.3 is 0 Å². The summed E-state index contributed by atoms with van der Waals surface area (Å²) in [7, 11) is 0. The summed E-state index contributed by atoms with van der Waals surface area (Å²) in [6.07, 6.45) is 2.32. The minimum Gasteiger partial charge on any atom is -0.207 e. The quantitative estimate of drug-likeness (QED) is 0.596. The van der Waals surface area contributed by atoms with Crippen LogP contribution in [0.5, 0.6) is 0 Å². The summed E-state index contributed by atoms with van der Waals surface area (Å²) in [4.78, 5) is 0. The van der Waals surface area contributed by atoms with Crippen LogP contribution in [0.2, 0.25) is 0 Å². The number of benzene rings is 1. The summed E-state index contributed by atoms with van der Waals surface area (Å²) < 4.78 is 12.5. The Morgan fingerprint density at radius 1 is 1.17 bits per heavy atom. The van der Waals surface area contributed by atoms with Gasteiger partial charge in [-0.2, -0.15) is 0 Å². The smallest absolute Gasteiger partial charge is 0.123 e. The van der Waals surface area contributed by atoms with Gasteiger partial charge in [-0.15, -0.1) is 0 Å². The molecule has 0 saturated heterocycles. The standard InChI is InChI=1S/C11H12F/c1-8-6-10(7-8)9-2-4-11(12)5-3-9/h2-5,8,10H,1,6-7H2. The van der Waals surface area contributed by atoms with Crippen molar-refractivity contribution in [3.8, 4) is 0 Å². The van der Waals surface area contributed by atoms with Crippen molar-refractivity contribution in [2.24, 2.45) is 5.92 Å². The summed E-state index contributed by atoms with van der Waals surface area (Å²) in [5.41, 5.74) is 1.26. The van der Waals surface area contributed by atoms with Gasteiger partial charge in [0, 0.05) is 0 Å². The number of hydrogen-bond acceptors (Lipinski definition) is 0. The van der Waals surface area contributed by atoms with Gasteiger partial charge in [-0.1, -0.05) is 19.1 Å². The van der Waals surface area contributed by atoms with Gasteiger partial charge in [0.15, 0.2) is 0 Å². The van der Waals surface area contributed by atoms with Crippen LogP contribution in [-0.4, -0.2) is 0 Å². The lowest BCUT2D eigenvalue weighted by atomic mass is 9.72. The zero-order chi connectivity index (χ0) is 8.55. The van der Waals surface area contributed by atoms with Crippen molar-refractivity contribution in [2.75, 3.05) is 0 Å². The minimum atomic E-state index is -0.149. The predicted octanol–water partition coefficient (Wildman–Crippen LogP) is 3.15. The third-order valence-electron chi connectivity index (χ3n) is 2.58. The van der Waals surface area contributed by atoms with E-state index in [1.807, 2.05) is 12.1 Å². The van der Waals surface area contributed by atoms with Gasteiger partial charge in [-0.25, -0.2) is 4.39 Å². The van der Waals surface area contributed by atoms with Crippen LogP contribution < -0.4 is 0 Å². The van der Waals surface area contributed by atoms with Crippen molar-refractivity contribution < 1.29 is 4.39 Å². The SMILES string of the molecule is [CH2]C1CC(c2ccc(F)cc2)C1. The van der Waals surface area contributed by atoms with Gasteiger partial charge in [0.2, 0.25) is 0 Å². The zero-order valence-corrected chi connectivity index (χ0v) is 6.96. The Balaban J connectivity index is 2.09. The van der Waals surface area contributed by atoms with E-state index < -0.39 is 0 Å². The van der Waals surface area contributed by atoms with Crippen LogP contribution in [-0.2, 0) is 0 Å². The molecule has 0 unspecified atom stereocenters. The van der Waals surface area contributed by atoms with Gasteiger partial charge in [0.25, 0.3) is 0 Å². The summed E-state index contributed by atoms with van der Waals surface area (Å²) >= 11 is 0. The van der Waals surface area contributed by atoms with E-state index in [2.05, 4.69) is 6.92 Å². The first kappa shape index (κ1) is 7.78. The maximum Gasteiger partial charge on any atom is 0.123 e. The molecule has 0 bridgehead atoms. The highest BCUT2D eigenvalue weighted by Gasteiger charge is 2.26. The summed E-state index contributed by atoms with van der Waals surface area (Å²) in [6, 6.07) is 6.83. The molecule has 1 heteroatoms. The highest BCUT2D eigenvalue weighted by atomic mass is 19.1. The topological polar surface area (TPSA) is 0 Å². The highest BCUT2D eigenvalue weighted by Crippen LogP contribution is 2.40. The molecule has 0 nitrogen and oxygen atoms in total. The van der Waals surface area contributed by atoms with E-state index in [1.165, 1.54) is 17.7 Å². The van der Waals surface area contributed by atoms with Crippen molar-refractivity contribution >= 4 is 0 Å². The summed E-state index contributed by atoms with van der Waals surface area (Å²) in [5.74, 6) is 1.09. The molecule has 63 valence electrons. The van der Waals surface area contributed by atoms with E-state index in [0.29, 0.717) is 11.8 Å². The average Bonchev–Trinajstić information content (AvgIpc) is 2.01. The Morgan fingerprint density at radius 3 is 2.25 bits per heavy atom. The molecule has 0 aromatic heterocycles. The van der Waals surface area contributed by atoms with Gasteiger partial charge in [0.05, 0.1) is 0 Å². The first-order valence-corrected chi connectivity index (χ1v) is 4.34. The molecule has 1 aromatic rings. The second-order valence-electron chi connectivity index (χ2n) is 3.59. The van der Waals surface area contributed by atoms with Crippen molar-refractivity contribution in [3.05, 3.63) is 42.6 Å². The van der Waals surface area contributed by atoms with Crippen LogP contribution in [0, 0.1) is 18.7 Å². The summed E-state index contributed by atoms with van der Waals surface area (Å²) in [5, 5.41) is 0. The van der Waals surface area contributed by atoms with Gasteiger partial charge in [-0.3, -0.25) is 0 Å². The minimum absolute atomic E-state index is 0.149. The lowest BCUT2D eigenvalue weighted by Crippen LogP contribution is -2.18. The van der Waals surface area contributed by atoms with Crippen molar-refractivity contribution in [2.45, 2.75) is 18.8 Å². The highest BCUT2D eigenvalue weighted by molar-refractivity contribution is 5.22. The van der Waals surface area contributed by atoms with Crippen molar-refractivity contribution in [3.63, 3.8) is 0 Å². The Labute approximate surface area is 72.4 Å². The average molecular weight is 163 g/mol.